The third-order valence-corrected chi connectivity index (χ3v) is 4.91. The van der Waals surface area contributed by atoms with E-state index in [2.05, 4.69) is 10.4 Å². The number of carbonyl (C=O) groups is 2. The minimum atomic E-state index is -1.13. The van der Waals surface area contributed by atoms with Gasteiger partial charge in [-0.2, -0.15) is 5.10 Å². The van der Waals surface area contributed by atoms with Gasteiger partial charge >= 0.3 is 0 Å². The van der Waals surface area contributed by atoms with E-state index in [-0.39, 0.29) is 0 Å². The molecule has 0 atom stereocenters. The smallest absolute Gasteiger partial charge is 0.286 e. The fraction of sp³-hybridized carbons (Fsp3) is 0.0435. The maximum Gasteiger partial charge on any atom is 0.286 e. The van der Waals surface area contributed by atoms with Gasteiger partial charge in [-0.05, 0) is 12.1 Å². The molecule has 0 aliphatic rings. The van der Waals surface area contributed by atoms with Gasteiger partial charge in [-0.3, -0.25) is 29.1 Å². The summed E-state index contributed by atoms with van der Waals surface area (Å²) in [5, 5.41) is 18.5. The van der Waals surface area contributed by atoms with Crippen LogP contribution in [-0.2, 0) is 11.3 Å². The molecule has 0 saturated carbocycles. The maximum atomic E-state index is 12.8. The molecule has 0 radical (unpaired) electrons. The number of anilines is 1. The zero-order valence-electron chi connectivity index (χ0n) is 17.6. The van der Waals surface area contributed by atoms with E-state index in [0.29, 0.717) is 17.2 Å². The number of nitro groups is 1. The predicted molar refractivity (Wildman–Crippen MR) is 124 cm³/mol. The van der Waals surface area contributed by atoms with Gasteiger partial charge in [0.05, 0.1) is 22.5 Å². The Labute approximate surface area is 192 Å². The molecule has 0 spiro atoms. The van der Waals surface area contributed by atoms with Gasteiger partial charge < -0.3 is 11.1 Å². The van der Waals surface area contributed by atoms with E-state index in [0.717, 1.165) is 22.4 Å². The number of nitrogens with one attached hydrogen (secondary N) is 1. The lowest BCUT2D eigenvalue weighted by Crippen LogP contribution is -2.33. The van der Waals surface area contributed by atoms with Crippen molar-refractivity contribution >= 4 is 23.3 Å². The molecule has 0 aliphatic heterocycles. The summed E-state index contributed by atoms with van der Waals surface area (Å²) in [4.78, 5) is 47.3. The molecule has 34 heavy (non-hydrogen) atoms. The zero-order valence-corrected chi connectivity index (χ0v) is 17.6. The number of para-hydroxylation sites is 1. The molecule has 0 unspecified atom stereocenters. The van der Waals surface area contributed by atoms with E-state index in [1.54, 1.807) is 6.07 Å². The quantitative estimate of drug-likeness (QED) is 0.320. The first-order valence-electron chi connectivity index (χ1n) is 10.0. The first-order chi connectivity index (χ1) is 16.3. The lowest BCUT2D eigenvalue weighted by Gasteiger charge is -2.10. The van der Waals surface area contributed by atoms with Crippen LogP contribution in [0.3, 0.4) is 0 Å². The molecule has 0 fully saturated rings. The molecule has 2 heterocycles. The Bertz CT molecular complexity index is 1440. The van der Waals surface area contributed by atoms with Crippen LogP contribution in [0.4, 0.5) is 11.5 Å². The van der Waals surface area contributed by atoms with Crippen molar-refractivity contribution in [3.05, 3.63) is 105 Å². The van der Waals surface area contributed by atoms with Crippen LogP contribution >= 0.6 is 0 Å². The van der Waals surface area contributed by atoms with Crippen molar-refractivity contribution in [1.82, 2.24) is 14.3 Å². The van der Waals surface area contributed by atoms with Gasteiger partial charge in [-0.1, -0.05) is 48.5 Å². The van der Waals surface area contributed by atoms with Crippen molar-refractivity contribution < 1.29 is 14.5 Å². The number of primary amides is 1. The highest BCUT2D eigenvalue weighted by Crippen LogP contribution is 2.24. The molecule has 0 bridgehead atoms. The second kappa shape index (κ2) is 9.20. The summed E-state index contributed by atoms with van der Waals surface area (Å²) in [5.74, 6) is -1.46. The van der Waals surface area contributed by atoms with E-state index in [1.165, 1.54) is 4.68 Å². The third kappa shape index (κ3) is 4.58. The fourth-order valence-corrected chi connectivity index (χ4v) is 3.34. The monoisotopic (exact) mass is 458 g/mol. The van der Waals surface area contributed by atoms with Gasteiger partial charge in [0.1, 0.15) is 17.9 Å². The summed E-state index contributed by atoms with van der Waals surface area (Å²) in [5.41, 5.74) is 5.25. The number of nitrogens with zero attached hydrogens (tertiary/aromatic N) is 4. The number of rotatable bonds is 7. The highest BCUT2D eigenvalue weighted by molar-refractivity contribution is 5.93. The Hall–Kier alpha value is -5.06. The molecule has 0 saturated heterocycles. The van der Waals surface area contributed by atoms with Crippen LogP contribution in [0.15, 0.2) is 83.8 Å². The number of nitrogens with two attached hydrogens (primary N) is 1. The molecule has 170 valence electrons. The number of amides is 2. The molecule has 2 aromatic heterocycles. The van der Waals surface area contributed by atoms with Crippen LogP contribution in [0, 0.1) is 10.1 Å². The molecule has 0 aliphatic carbocycles. The number of hydrogen-bond donors (Lipinski definition) is 2. The molecule has 2 amide bonds. The summed E-state index contributed by atoms with van der Waals surface area (Å²) >= 11 is 0. The zero-order chi connectivity index (χ0) is 24.2. The van der Waals surface area contributed by atoms with Crippen LogP contribution in [-0.4, -0.2) is 31.1 Å². The van der Waals surface area contributed by atoms with Crippen LogP contribution in [0.5, 0.6) is 0 Å². The largest absolute Gasteiger partial charge is 0.365 e. The molecule has 4 rings (SSSR count). The standard InChI is InChI=1S/C23H18N6O5/c24-22(31)18-11-17(29(33)34)13-27(23(18)32)14-21(30)25-20-12-19(15-7-3-1-4-8-15)26-28(20)16-9-5-2-6-10-16/h1-13H,14H2,(H2,24,31)(H,25,30). The highest BCUT2D eigenvalue weighted by atomic mass is 16.6. The number of aromatic nitrogens is 3. The van der Waals surface area contributed by atoms with E-state index in [9.17, 15) is 24.5 Å². The van der Waals surface area contributed by atoms with Crippen molar-refractivity contribution in [3.63, 3.8) is 0 Å². The lowest BCUT2D eigenvalue weighted by molar-refractivity contribution is -0.385. The van der Waals surface area contributed by atoms with Crippen LogP contribution < -0.4 is 16.6 Å². The second-order valence-corrected chi connectivity index (χ2v) is 7.24. The average molecular weight is 458 g/mol. The van der Waals surface area contributed by atoms with Crippen molar-refractivity contribution in [2.45, 2.75) is 6.54 Å². The minimum Gasteiger partial charge on any atom is -0.365 e. The molecule has 2 aromatic carbocycles. The summed E-state index contributed by atoms with van der Waals surface area (Å²) < 4.78 is 2.31. The maximum absolute atomic E-state index is 12.8. The van der Waals surface area contributed by atoms with E-state index >= 15 is 0 Å². The van der Waals surface area contributed by atoms with Crippen LogP contribution in [0.1, 0.15) is 10.4 Å². The van der Waals surface area contributed by atoms with E-state index < -0.39 is 40.1 Å². The van der Waals surface area contributed by atoms with Crippen molar-refractivity contribution in [3.8, 4) is 16.9 Å². The number of benzene rings is 2. The van der Waals surface area contributed by atoms with Gasteiger partial charge in [0.25, 0.3) is 17.2 Å². The van der Waals surface area contributed by atoms with Crippen LogP contribution in [0.2, 0.25) is 0 Å². The Morgan fingerprint density at radius 1 is 1.03 bits per heavy atom. The summed E-state index contributed by atoms with van der Waals surface area (Å²) in [6, 6.07) is 20.9. The Morgan fingerprint density at radius 2 is 1.68 bits per heavy atom. The van der Waals surface area contributed by atoms with Gasteiger partial charge in [0.2, 0.25) is 5.91 Å². The average Bonchev–Trinajstić information content (AvgIpc) is 3.24. The Kier molecular flexibility index (Phi) is 5.99. The topological polar surface area (TPSA) is 155 Å². The van der Waals surface area contributed by atoms with Crippen molar-refractivity contribution in [1.29, 1.82) is 0 Å². The predicted octanol–water partition coefficient (Wildman–Crippen LogP) is 2.35. The number of carbonyl (C=O) groups excluding carboxylic acids is 2. The minimum absolute atomic E-state index is 0.323. The summed E-state index contributed by atoms with van der Waals surface area (Å²) in [6.45, 7) is -0.582. The van der Waals surface area contributed by atoms with Crippen LogP contribution in [0.25, 0.3) is 16.9 Å². The number of hydrogen-bond acceptors (Lipinski definition) is 6. The molecule has 11 nitrogen and oxygen atoms in total. The van der Waals surface area contributed by atoms with Gasteiger partial charge in [0.15, 0.2) is 0 Å². The number of pyridine rings is 1. The highest BCUT2D eigenvalue weighted by Gasteiger charge is 2.20. The Balaban J connectivity index is 1.69. The van der Waals surface area contributed by atoms with Crippen molar-refractivity contribution in [2.24, 2.45) is 5.73 Å². The fourth-order valence-electron chi connectivity index (χ4n) is 3.34. The van der Waals surface area contributed by atoms with Gasteiger partial charge in [0, 0.05) is 17.7 Å². The molecular formula is C23H18N6O5. The molecule has 4 aromatic rings. The molecule has 3 N–H and O–H groups in total. The summed E-state index contributed by atoms with van der Waals surface area (Å²) in [7, 11) is 0. The van der Waals surface area contributed by atoms with E-state index in [4.69, 9.17) is 5.73 Å². The first kappa shape index (κ1) is 22.1. The van der Waals surface area contributed by atoms with E-state index in [1.807, 2.05) is 60.7 Å². The van der Waals surface area contributed by atoms with Crippen molar-refractivity contribution in [2.75, 3.05) is 5.32 Å². The molecular weight excluding hydrogens is 440 g/mol. The summed E-state index contributed by atoms with van der Waals surface area (Å²) in [6.07, 6.45) is 0.887. The molecule has 11 heteroatoms. The first-order valence-corrected chi connectivity index (χ1v) is 10.0. The lowest BCUT2D eigenvalue weighted by atomic mass is 10.1. The Morgan fingerprint density at radius 3 is 2.29 bits per heavy atom. The van der Waals surface area contributed by atoms with Gasteiger partial charge in [-0.15, -0.1) is 0 Å². The normalized spacial score (nSPS) is 10.6. The van der Waals surface area contributed by atoms with Gasteiger partial charge in [-0.25, -0.2) is 4.68 Å². The SMILES string of the molecule is NC(=O)c1cc([N+](=O)[O-])cn(CC(=O)Nc2cc(-c3ccccc3)nn2-c2ccccc2)c1=O. The second-order valence-electron chi connectivity index (χ2n) is 7.24. The third-order valence-electron chi connectivity index (χ3n) is 4.91.